The summed E-state index contributed by atoms with van der Waals surface area (Å²) in [5, 5.41) is 3.03. The smallest absolute Gasteiger partial charge is 0.306 e. The Balaban J connectivity index is 5.18. The number of carbonyl (C=O) groups is 2. The molecule has 0 rings (SSSR count). The van der Waals surface area contributed by atoms with E-state index in [4.69, 9.17) is 13.8 Å². The third-order valence-electron chi connectivity index (χ3n) is 14.3. The van der Waals surface area contributed by atoms with Gasteiger partial charge in [0, 0.05) is 12.8 Å². The van der Waals surface area contributed by atoms with Crippen LogP contribution in [-0.4, -0.2) is 69.4 Å². The summed E-state index contributed by atoms with van der Waals surface area (Å²) in [6.45, 7) is 6.75. The average molecular weight is 1080 g/mol. The average Bonchev–Trinajstić information content (AvgIpc) is 3.37. The third kappa shape index (κ3) is 56.5. The van der Waals surface area contributed by atoms with Crippen LogP contribution < -0.4 is 10.2 Å². The topological polar surface area (TPSA) is 114 Å². The van der Waals surface area contributed by atoms with Gasteiger partial charge in [-0.25, -0.2) is 0 Å². The Hall–Kier alpha value is -2.03. The zero-order valence-corrected chi connectivity index (χ0v) is 51.2. The molecule has 0 aromatic carbocycles. The normalized spacial score (nSPS) is 14.0. The van der Waals surface area contributed by atoms with Gasteiger partial charge in [0.25, 0.3) is 7.82 Å². The number of hydrogen-bond acceptors (Lipinski definition) is 7. The molecule has 75 heavy (non-hydrogen) atoms. The fourth-order valence-electron chi connectivity index (χ4n) is 9.36. The van der Waals surface area contributed by atoms with E-state index in [2.05, 4.69) is 62.5 Å². The highest BCUT2D eigenvalue weighted by molar-refractivity contribution is 7.45. The summed E-state index contributed by atoms with van der Waals surface area (Å²) in [7, 11) is 1.18. The SMILES string of the molecule is CC/C=C/C/C=C/C/C=C/CCCCCCCCC(=O)NC(COP(=O)([O-])OCC[N+](C)(C)C)C(/C=C/CCCCCCCCCCCC)OC(=O)CCCCCCCCCCCCCCCCCCCCCCC. The Morgan fingerprint density at radius 2 is 0.853 bits per heavy atom. The highest BCUT2D eigenvalue weighted by Gasteiger charge is 2.27. The van der Waals surface area contributed by atoms with E-state index >= 15 is 0 Å². The van der Waals surface area contributed by atoms with Crippen molar-refractivity contribution in [2.75, 3.05) is 40.9 Å². The second-order valence-corrected chi connectivity index (χ2v) is 24.3. The molecule has 440 valence electrons. The third-order valence-corrected chi connectivity index (χ3v) is 15.2. The van der Waals surface area contributed by atoms with E-state index < -0.39 is 26.6 Å². The van der Waals surface area contributed by atoms with E-state index in [1.54, 1.807) is 0 Å². The van der Waals surface area contributed by atoms with Crippen LogP contribution in [0.2, 0.25) is 0 Å². The van der Waals surface area contributed by atoms with Crippen molar-refractivity contribution in [3.63, 3.8) is 0 Å². The summed E-state index contributed by atoms with van der Waals surface area (Å²) in [6.07, 6.45) is 68.0. The number of ether oxygens (including phenoxy) is 1. The minimum Gasteiger partial charge on any atom is -0.756 e. The van der Waals surface area contributed by atoms with Crippen molar-refractivity contribution in [3.05, 3.63) is 48.6 Å². The number of quaternary nitrogens is 1. The molecule has 0 heterocycles. The number of rotatable bonds is 58. The highest BCUT2D eigenvalue weighted by Crippen LogP contribution is 2.38. The van der Waals surface area contributed by atoms with Gasteiger partial charge in [-0.3, -0.25) is 14.2 Å². The number of allylic oxidation sites excluding steroid dienone is 7. The van der Waals surface area contributed by atoms with E-state index in [1.807, 2.05) is 33.3 Å². The first-order valence-corrected chi connectivity index (χ1v) is 33.4. The number of phosphoric ester groups is 1. The van der Waals surface area contributed by atoms with Gasteiger partial charge in [0.15, 0.2) is 0 Å². The molecule has 0 saturated carbocycles. The zero-order chi connectivity index (χ0) is 55.0. The van der Waals surface area contributed by atoms with Crippen LogP contribution in [0.4, 0.5) is 0 Å². The van der Waals surface area contributed by atoms with Crippen molar-refractivity contribution in [2.45, 2.75) is 315 Å². The predicted molar refractivity (Wildman–Crippen MR) is 321 cm³/mol. The Labute approximate surface area is 465 Å². The van der Waals surface area contributed by atoms with Crippen LogP contribution in [0.15, 0.2) is 48.6 Å². The molecule has 1 N–H and O–H groups in total. The summed E-state index contributed by atoms with van der Waals surface area (Å²) in [6, 6.07) is -0.893. The lowest BCUT2D eigenvalue weighted by Crippen LogP contribution is -2.47. The molecule has 0 fully saturated rings. The van der Waals surface area contributed by atoms with Crippen molar-refractivity contribution >= 4 is 19.7 Å². The number of esters is 1. The quantitative estimate of drug-likeness (QED) is 0.0212. The Morgan fingerprint density at radius 1 is 0.480 bits per heavy atom. The number of likely N-dealkylation sites (N-methyl/N-ethyl adjacent to an activating group) is 1. The summed E-state index contributed by atoms with van der Waals surface area (Å²) in [5.74, 6) is -0.544. The highest BCUT2D eigenvalue weighted by atomic mass is 31.2. The maximum Gasteiger partial charge on any atom is 0.306 e. The monoisotopic (exact) mass is 1070 g/mol. The maximum atomic E-state index is 13.5. The standard InChI is InChI=1S/C65H123N2O7P/c1-7-10-13-16-19-22-25-28-30-32-33-34-35-36-38-40-43-46-49-52-55-58-65(69)74-63(56-53-50-47-44-41-27-24-21-18-15-12-9-3)62(61-73-75(70,71)72-60-59-67(4,5)6)66-64(68)57-54-51-48-45-42-39-37-31-29-26-23-20-17-14-11-8-2/h11,14,20,23,29,31,53,56,62-63H,7-10,12-13,15-19,21-22,24-28,30,32-52,54-55,57-61H2,1-6H3,(H-,66,68,70,71)/b14-11+,23-20+,31-29+,56-53+. The molecule has 0 saturated heterocycles. The molecule has 0 bridgehead atoms. The minimum absolute atomic E-state index is 0.0241. The predicted octanol–water partition coefficient (Wildman–Crippen LogP) is 19.0. The second-order valence-electron chi connectivity index (χ2n) is 22.9. The number of amides is 1. The molecular weight excluding hydrogens is 952 g/mol. The van der Waals surface area contributed by atoms with Gasteiger partial charge in [-0.05, 0) is 63.9 Å². The van der Waals surface area contributed by atoms with Crippen molar-refractivity contribution in [1.82, 2.24) is 5.32 Å². The van der Waals surface area contributed by atoms with Crippen LogP contribution in [0.5, 0.6) is 0 Å². The molecule has 1 amide bonds. The minimum atomic E-state index is -4.70. The Bertz CT molecular complexity index is 1420. The fourth-order valence-corrected chi connectivity index (χ4v) is 10.1. The molecular formula is C65H123N2O7P. The van der Waals surface area contributed by atoms with Gasteiger partial charge in [0.05, 0.1) is 33.8 Å². The van der Waals surface area contributed by atoms with E-state index in [0.717, 1.165) is 103 Å². The Kier molecular flexibility index (Phi) is 53.8. The lowest BCUT2D eigenvalue weighted by atomic mass is 10.0. The number of nitrogens with zero attached hydrogens (tertiary/aromatic N) is 1. The largest absolute Gasteiger partial charge is 0.756 e. The number of hydrogen-bond donors (Lipinski definition) is 1. The summed E-state index contributed by atoms with van der Waals surface area (Å²) < 4.78 is 30.3. The molecule has 0 radical (unpaired) electrons. The van der Waals surface area contributed by atoms with Crippen LogP contribution in [0.3, 0.4) is 0 Å². The Morgan fingerprint density at radius 3 is 1.28 bits per heavy atom. The van der Waals surface area contributed by atoms with Crippen molar-refractivity contribution in [1.29, 1.82) is 0 Å². The van der Waals surface area contributed by atoms with Gasteiger partial charge in [-0.1, -0.05) is 275 Å². The van der Waals surface area contributed by atoms with Gasteiger partial charge in [0.1, 0.15) is 19.3 Å². The summed E-state index contributed by atoms with van der Waals surface area (Å²) in [5.41, 5.74) is 0. The van der Waals surface area contributed by atoms with Crippen molar-refractivity contribution < 1.29 is 37.3 Å². The van der Waals surface area contributed by atoms with E-state index in [-0.39, 0.29) is 24.9 Å². The maximum absolute atomic E-state index is 13.5. The summed E-state index contributed by atoms with van der Waals surface area (Å²) in [4.78, 5) is 40.0. The van der Waals surface area contributed by atoms with Crippen LogP contribution in [0.25, 0.3) is 0 Å². The van der Waals surface area contributed by atoms with Crippen LogP contribution in [-0.2, 0) is 27.9 Å². The molecule has 0 aliphatic carbocycles. The van der Waals surface area contributed by atoms with E-state index in [0.29, 0.717) is 17.4 Å². The first-order chi connectivity index (χ1) is 36.4. The first kappa shape index (κ1) is 73.0. The summed E-state index contributed by atoms with van der Waals surface area (Å²) >= 11 is 0. The van der Waals surface area contributed by atoms with Gasteiger partial charge < -0.3 is 28.5 Å². The number of carbonyl (C=O) groups excluding carboxylic acids is 2. The van der Waals surface area contributed by atoms with Crippen LogP contribution in [0, 0.1) is 0 Å². The van der Waals surface area contributed by atoms with Crippen LogP contribution >= 0.6 is 7.82 Å². The molecule has 9 nitrogen and oxygen atoms in total. The second kappa shape index (κ2) is 55.3. The molecule has 10 heteroatoms. The molecule has 0 aromatic heterocycles. The lowest BCUT2D eigenvalue weighted by molar-refractivity contribution is -0.870. The molecule has 3 atom stereocenters. The molecule has 0 spiro atoms. The van der Waals surface area contributed by atoms with Gasteiger partial charge in [-0.2, -0.15) is 0 Å². The van der Waals surface area contributed by atoms with E-state index in [1.165, 1.54) is 167 Å². The van der Waals surface area contributed by atoms with Crippen LogP contribution in [0.1, 0.15) is 303 Å². The molecule has 0 aromatic rings. The van der Waals surface area contributed by atoms with Crippen molar-refractivity contribution in [3.8, 4) is 0 Å². The van der Waals surface area contributed by atoms with Gasteiger partial charge >= 0.3 is 5.97 Å². The van der Waals surface area contributed by atoms with E-state index in [9.17, 15) is 19.0 Å². The zero-order valence-electron chi connectivity index (χ0n) is 50.3. The number of unbranched alkanes of at least 4 members (excludes halogenated alkanes) is 36. The van der Waals surface area contributed by atoms with Crippen molar-refractivity contribution in [2.24, 2.45) is 0 Å². The molecule has 3 unspecified atom stereocenters. The lowest BCUT2D eigenvalue weighted by Gasteiger charge is -2.30. The first-order valence-electron chi connectivity index (χ1n) is 31.9. The number of nitrogens with one attached hydrogen (secondary N) is 1. The molecule has 0 aliphatic rings. The molecule has 0 aliphatic heterocycles. The van der Waals surface area contributed by atoms with Gasteiger partial charge in [0.2, 0.25) is 5.91 Å². The van der Waals surface area contributed by atoms with Gasteiger partial charge in [-0.15, -0.1) is 0 Å². The number of phosphoric acid groups is 1. The fraction of sp³-hybridized carbons (Fsp3) is 0.846.